The van der Waals surface area contributed by atoms with Gasteiger partial charge in [-0.3, -0.25) is 9.59 Å². The third kappa shape index (κ3) is 1.20. The van der Waals surface area contributed by atoms with Crippen molar-refractivity contribution in [3.63, 3.8) is 0 Å². The molecule has 6 heteroatoms. The van der Waals surface area contributed by atoms with Crippen molar-refractivity contribution in [3.05, 3.63) is 70.8 Å². The molecule has 0 radical (unpaired) electrons. The van der Waals surface area contributed by atoms with Crippen molar-refractivity contribution < 1.29 is 28.5 Å². The van der Waals surface area contributed by atoms with E-state index in [1.165, 1.54) is 14.2 Å². The van der Waals surface area contributed by atoms with Crippen LogP contribution in [0.2, 0.25) is 0 Å². The molecule has 0 amide bonds. The Morgan fingerprint density at radius 3 is 1.19 bits per heavy atom. The summed E-state index contributed by atoms with van der Waals surface area (Å²) in [6.07, 6.45) is 0. The van der Waals surface area contributed by atoms with Crippen LogP contribution in [-0.2, 0) is 28.5 Å². The molecule has 0 aromatic heterocycles. The fourth-order valence-electron chi connectivity index (χ4n) is 9.65. The number of carbonyl (C=O) groups excluding carboxylic acids is 2. The van der Waals surface area contributed by atoms with E-state index in [0.29, 0.717) is 0 Å². The van der Waals surface area contributed by atoms with Crippen LogP contribution in [0.5, 0.6) is 0 Å². The van der Waals surface area contributed by atoms with E-state index in [1.807, 2.05) is 24.3 Å². The number of benzene rings is 2. The third-order valence-corrected chi connectivity index (χ3v) is 9.81. The monoisotopic (exact) mass is 432 g/mol. The standard InChI is InChI=1S/C26H24O6/c1-29-21(27)23-17-13-9-5-7-11-15(13)20-18-14-10-6-8-12-16(14)19(17)25(23,31-3)24(18,22(28)30-2)26(20,23)32-4/h5-12,17-20H,1-4H3. The lowest BCUT2D eigenvalue weighted by atomic mass is 9.05. The van der Waals surface area contributed by atoms with Crippen molar-refractivity contribution in [2.45, 2.75) is 34.9 Å². The Morgan fingerprint density at radius 2 is 0.906 bits per heavy atom. The molecule has 0 saturated heterocycles. The van der Waals surface area contributed by atoms with Crippen LogP contribution in [0.15, 0.2) is 48.5 Å². The molecule has 7 rings (SSSR count). The molecule has 3 saturated carbocycles. The molecule has 0 aliphatic heterocycles. The minimum absolute atomic E-state index is 0.191. The number of methoxy groups -OCH3 is 4. The summed E-state index contributed by atoms with van der Waals surface area (Å²) in [5.41, 5.74) is 0.116. The van der Waals surface area contributed by atoms with Gasteiger partial charge in [-0.25, -0.2) is 0 Å². The number of rotatable bonds is 4. The van der Waals surface area contributed by atoms with Crippen LogP contribution in [0.1, 0.15) is 45.9 Å². The average Bonchev–Trinajstić information content (AvgIpc) is 2.79. The van der Waals surface area contributed by atoms with E-state index < -0.39 is 22.0 Å². The molecule has 4 unspecified atom stereocenters. The third-order valence-electron chi connectivity index (χ3n) is 9.81. The van der Waals surface area contributed by atoms with E-state index in [2.05, 4.69) is 24.3 Å². The van der Waals surface area contributed by atoms with Crippen molar-refractivity contribution in [2.24, 2.45) is 10.8 Å². The van der Waals surface area contributed by atoms with Gasteiger partial charge in [0.15, 0.2) is 0 Å². The SMILES string of the molecule is COC(=O)C12C3c4ccccc4C4C5c6ccccc6C3C1(OC)C5(C(=O)OC)C42OC. The molecule has 0 N–H and O–H groups in total. The van der Waals surface area contributed by atoms with Gasteiger partial charge in [0.1, 0.15) is 22.0 Å². The zero-order valence-electron chi connectivity index (χ0n) is 18.4. The maximum atomic E-state index is 13.8. The van der Waals surface area contributed by atoms with Crippen molar-refractivity contribution in [1.29, 1.82) is 0 Å². The van der Waals surface area contributed by atoms with Gasteiger partial charge in [0.25, 0.3) is 0 Å². The lowest BCUT2D eigenvalue weighted by Crippen LogP contribution is -3.08. The van der Waals surface area contributed by atoms with Crippen molar-refractivity contribution >= 4 is 11.9 Å². The molecule has 0 bridgehead atoms. The number of ether oxygens (including phenoxy) is 4. The van der Waals surface area contributed by atoms with Crippen molar-refractivity contribution in [1.82, 2.24) is 0 Å². The summed E-state index contributed by atoms with van der Waals surface area (Å²) >= 11 is 0. The lowest BCUT2D eigenvalue weighted by Gasteiger charge is -2.97. The van der Waals surface area contributed by atoms with Crippen LogP contribution >= 0.6 is 0 Å². The first-order valence-electron chi connectivity index (χ1n) is 11.0. The molecule has 4 atom stereocenters. The second kappa shape index (κ2) is 5.26. The number of hydrogen-bond donors (Lipinski definition) is 0. The van der Waals surface area contributed by atoms with E-state index in [4.69, 9.17) is 18.9 Å². The second-order valence-corrected chi connectivity index (χ2v) is 9.65. The Kier molecular flexibility index (Phi) is 3.10. The molecular weight excluding hydrogens is 408 g/mol. The quantitative estimate of drug-likeness (QED) is 0.692. The summed E-state index contributed by atoms with van der Waals surface area (Å²) in [6, 6.07) is 16.5. The summed E-state index contributed by atoms with van der Waals surface area (Å²) < 4.78 is 23.6. The molecule has 3 fully saturated rings. The zero-order valence-corrected chi connectivity index (χ0v) is 18.4. The van der Waals surface area contributed by atoms with Gasteiger partial charge in [-0.05, 0) is 22.3 Å². The predicted octanol–water partition coefficient (Wildman–Crippen LogP) is 2.88. The number of fused-ring (bicyclic) bond motifs is 8. The predicted molar refractivity (Wildman–Crippen MR) is 112 cm³/mol. The van der Waals surface area contributed by atoms with E-state index >= 15 is 0 Å². The normalized spacial score (nSPS) is 44.6. The van der Waals surface area contributed by atoms with Gasteiger partial charge in [-0.1, -0.05) is 48.5 Å². The Bertz CT molecular complexity index is 1130. The maximum absolute atomic E-state index is 13.8. The minimum atomic E-state index is -1.12. The van der Waals surface area contributed by atoms with Gasteiger partial charge in [-0.15, -0.1) is 0 Å². The van der Waals surface area contributed by atoms with Crippen LogP contribution < -0.4 is 0 Å². The first-order chi connectivity index (χ1) is 15.5. The summed E-state index contributed by atoms with van der Waals surface area (Å²) in [7, 11) is 6.03. The smallest absolute Gasteiger partial charge is 0.318 e. The Balaban J connectivity index is 1.70. The fourth-order valence-corrected chi connectivity index (χ4v) is 9.65. The Labute approximate surface area is 185 Å². The topological polar surface area (TPSA) is 71.1 Å². The molecule has 5 aliphatic carbocycles. The molecule has 164 valence electrons. The van der Waals surface area contributed by atoms with E-state index in [1.54, 1.807) is 14.2 Å². The molecule has 5 aliphatic rings. The van der Waals surface area contributed by atoms with Crippen LogP contribution in [0.25, 0.3) is 0 Å². The summed E-state index contributed by atoms with van der Waals surface area (Å²) in [5, 5.41) is 0. The molecule has 2 aromatic rings. The van der Waals surface area contributed by atoms with Crippen LogP contribution in [0, 0.1) is 10.8 Å². The largest absolute Gasteiger partial charge is 0.468 e. The zero-order chi connectivity index (χ0) is 22.3. The van der Waals surface area contributed by atoms with Crippen LogP contribution in [0.3, 0.4) is 0 Å². The van der Waals surface area contributed by atoms with Crippen LogP contribution in [0.4, 0.5) is 0 Å². The molecule has 6 nitrogen and oxygen atoms in total. The average molecular weight is 432 g/mol. The van der Waals surface area contributed by atoms with E-state index in [0.717, 1.165) is 22.3 Å². The van der Waals surface area contributed by atoms with Gasteiger partial charge in [-0.2, -0.15) is 0 Å². The van der Waals surface area contributed by atoms with Gasteiger partial charge >= 0.3 is 11.9 Å². The molecule has 0 spiro atoms. The minimum Gasteiger partial charge on any atom is -0.468 e. The summed E-state index contributed by atoms with van der Waals surface area (Å²) in [4.78, 5) is 27.6. The lowest BCUT2D eigenvalue weighted by molar-refractivity contribution is -0.508. The highest BCUT2D eigenvalue weighted by Gasteiger charge is 3.13. The Morgan fingerprint density at radius 1 is 0.594 bits per heavy atom. The Hall–Kier alpha value is -2.70. The summed E-state index contributed by atoms with van der Waals surface area (Å²) in [6.45, 7) is 0. The van der Waals surface area contributed by atoms with Crippen molar-refractivity contribution in [2.75, 3.05) is 28.4 Å². The highest BCUT2D eigenvalue weighted by atomic mass is 16.6. The highest BCUT2D eigenvalue weighted by molar-refractivity contribution is 6.03. The molecule has 32 heavy (non-hydrogen) atoms. The van der Waals surface area contributed by atoms with Gasteiger partial charge in [0, 0.05) is 37.9 Å². The number of carbonyl (C=O) groups is 2. The molecular formula is C26H24O6. The fraction of sp³-hybridized carbons (Fsp3) is 0.462. The maximum Gasteiger partial charge on any atom is 0.318 e. The van der Waals surface area contributed by atoms with Gasteiger partial charge in [0.2, 0.25) is 0 Å². The first kappa shape index (κ1) is 18.8. The van der Waals surface area contributed by atoms with Gasteiger partial charge in [0.05, 0.1) is 14.2 Å². The van der Waals surface area contributed by atoms with E-state index in [9.17, 15) is 9.59 Å². The van der Waals surface area contributed by atoms with Gasteiger partial charge < -0.3 is 18.9 Å². The number of hydrogen-bond acceptors (Lipinski definition) is 6. The molecule has 0 heterocycles. The second-order valence-electron chi connectivity index (χ2n) is 9.65. The number of esters is 2. The van der Waals surface area contributed by atoms with Crippen LogP contribution in [-0.4, -0.2) is 51.6 Å². The molecule has 2 aromatic carbocycles. The van der Waals surface area contributed by atoms with Crippen molar-refractivity contribution in [3.8, 4) is 0 Å². The first-order valence-corrected chi connectivity index (χ1v) is 11.0. The summed E-state index contributed by atoms with van der Waals surface area (Å²) in [5.74, 6) is -1.57. The highest BCUT2D eigenvalue weighted by Crippen LogP contribution is 3.02. The van der Waals surface area contributed by atoms with E-state index in [-0.39, 0.29) is 35.6 Å².